The Bertz CT molecular complexity index is 328. The van der Waals surface area contributed by atoms with E-state index in [2.05, 4.69) is 30.7 Å². The van der Waals surface area contributed by atoms with Gasteiger partial charge in [0.25, 0.3) is 0 Å². The molecule has 1 aromatic rings. The molecule has 5 heteroatoms. The van der Waals surface area contributed by atoms with Crippen LogP contribution in [-0.2, 0) is 6.42 Å². The van der Waals surface area contributed by atoms with Crippen LogP contribution < -0.4 is 4.90 Å². The maximum Gasteiger partial charge on any atom is 0.228 e. The van der Waals surface area contributed by atoms with Crippen LogP contribution in [0.1, 0.15) is 32.8 Å². The number of halogens is 2. The SMILES string of the molecule is CCCc1c(Cl)nc(N(CC)CC)nc1Cl. The molecular weight excluding hydrogens is 245 g/mol. The van der Waals surface area contributed by atoms with Crippen molar-refractivity contribution in [3.8, 4) is 0 Å². The Morgan fingerprint density at radius 3 is 1.88 bits per heavy atom. The molecule has 0 aromatic carbocycles. The topological polar surface area (TPSA) is 29.0 Å². The summed E-state index contributed by atoms with van der Waals surface area (Å²) in [6.45, 7) is 7.86. The molecule has 3 nitrogen and oxygen atoms in total. The first-order valence-electron chi connectivity index (χ1n) is 5.60. The molecule has 0 unspecified atom stereocenters. The van der Waals surface area contributed by atoms with Gasteiger partial charge in [-0.3, -0.25) is 0 Å². The predicted molar refractivity (Wildman–Crippen MR) is 69.6 cm³/mol. The van der Waals surface area contributed by atoms with Crippen molar-refractivity contribution in [3.63, 3.8) is 0 Å². The van der Waals surface area contributed by atoms with Gasteiger partial charge in [-0.1, -0.05) is 36.5 Å². The molecule has 90 valence electrons. The second-order valence-corrected chi connectivity index (χ2v) is 4.22. The average molecular weight is 262 g/mol. The lowest BCUT2D eigenvalue weighted by molar-refractivity contribution is 0.812. The molecule has 0 saturated heterocycles. The van der Waals surface area contributed by atoms with Gasteiger partial charge in [-0.15, -0.1) is 0 Å². The third kappa shape index (κ3) is 2.98. The van der Waals surface area contributed by atoms with Crippen LogP contribution in [0.25, 0.3) is 0 Å². The van der Waals surface area contributed by atoms with E-state index in [0.717, 1.165) is 31.5 Å². The van der Waals surface area contributed by atoms with E-state index in [1.807, 2.05) is 4.90 Å². The monoisotopic (exact) mass is 261 g/mol. The van der Waals surface area contributed by atoms with E-state index in [1.165, 1.54) is 0 Å². The summed E-state index contributed by atoms with van der Waals surface area (Å²) in [5.74, 6) is 0.611. The first kappa shape index (κ1) is 13.5. The molecule has 0 fully saturated rings. The highest BCUT2D eigenvalue weighted by atomic mass is 35.5. The zero-order valence-corrected chi connectivity index (χ0v) is 11.4. The van der Waals surface area contributed by atoms with Gasteiger partial charge >= 0.3 is 0 Å². The molecule has 0 bridgehead atoms. The number of rotatable bonds is 5. The van der Waals surface area contributed by atoms with Crippen LogP contribution in [0.4, 0.5) is 5.95 Å². The van der Waals surface area contributed by atoms with Crippen molar-refractivity contribution in [3.05, 3.63) is 15.9 Å². The van der Waals surface area contributed by atoms with Gasteiger partial charge in [-0.25, -0.2) is 9.97 Å². The molecule has 0 spiro atoms. The van der Waals surface area contributed by atoms with Gasteiger partial charge in [0, 0.05) is 18.7 Å². The lowest BCUT2D eigenvalue weighted by Gasteiger charge is -2.19. The lowest BCUT2D eigenvalue weighted by atomic mass is 10.2. The fourth-order valence-electron chi connectivity index (χ4n) is 1.52. The standard InChI is InChI=1S/C11H17Cl2N3/c1-4-7-8-9(12)14-11(15-10(8)13)16(5-2)6-3/h4-7H2,1-3H3. The van der Waals surface area contributed by atoms with Crippen molar-refractivity contribution < 1.29 is 0 Å². The fourth-order valence-corrected chi connectivity index (χ4v) is 2.09. The van der Waals surface area contributed by atoms with E-state index in [0.29, 0.717) is 16.3 Å². The number of hydrogen-bond donors (Lipinski definition) is 0. The first-order chi connectivity index (χ1) is 7.63. The highest BCUT2D eigenvalue weighted by Gasteiger charge is 2.13. The summed E-state index contributed by atoms with van der Waals surface area (Å²) in [5.41, 5.74) is 0.849. The Kier molecular flexibility index (Phi) is 5.29. The van der Waals surface area contributed by atoms with Gasteiger partial charge in [0.1, 0.15) is 10.3 Å². The van der Waals surface area contributed by atoms with Crippen molar-refractivity contribution >= 4 is 29.2 Å². The highest BCUT2D eigenvalue weighted by molar-refractivity contribution is 6.34. The molecule has 1 rings (SSSR count). The van der Waals surface area contributed by atoms with Crippen molar-refractivity contribution in [2.45, 2.75) is 33.6 Å². The second kappa shape index (κ2) is 6.26. The average Bonchev–Trinajstić information content (AvgIpc) is 2.25. The molecule has 1 heterocycles. The van der Waals surface area contributed by atoms with E-state index >= 15 is 0 Å². The second-order valence-electron chi connectivity index (χ2n) is 3.51. The summed E-state index contributed by atoms with van der Waals surface area (Å²) in [7, 11) is 0. The third-order valence-electron chi connectivity index (χ3n) is 2.44. The Morgan fingerprint density at radius 2 is 1.50 bits per heavy atom. The minimum absolute atomic E-state index is 0.476. The predicted octanol–water partition coefficient (Wildman–Crippen LogP) is 3.58. The van der Waals surface area contributed by atoms with E-state index in [9.17, 15) is 0 Å². The van der Waals surface area contributed by atoms with Gasteiger partial charge in [0.15, 0.2) is 0 Å². The van der Waals surface area contributed by atoms with Gasteiger partial charge in [-0.2, -0.15) is 0 Å². The lowest BCUT2D eigenvalue weighted by Crippen LogP contribution is -2.24. The number of aromatic nitrogens is 2. The smallest absolute Gasteiger partial charge is 0.228 e. The number of anilines is 1. The molecule has 0 amide bonds. The zero-order valence-electron chi connectivity index (χ0n) is 9.93. The van der Waals surface area contributed by atoms with E-state index in [4.69, 9.17) is 23.2 Å². The van der Waals surface area contributed by atoms with Crippen LogP contribution in [0.2, 0.25) is 10.3 Å². The Morgan fingerprint density at radius 1 is 1.00 bits per heavy atom. The summed E-state index contributed by atoms with van der Waals surface area (Å²) in [6, 6.07) is 0. The zero-order chi connectivity index (χ0) is 12.1. The van der Waals surface area contributed by atoms with Crippen LogP contribution >= 0.6 is 23.2 Å². The quantitative estimate of drug-likeness (QED) is 0.759. The van der Waals surface area contributed by atoms with Gasteiger partial charge in [0.2, 0.25) is 5.95 Å². The normalized spacial score (nSPS) is 10.6. The van der Waals surface area contributed by atoms with E-state index in [-0.39, 0.29) is 0 Å². The highest BCUT2D eigenvalue weighted by Crippen LogP contribution is 2.25. The Hall–Kier alpha value is -0.540. The summed E-state index contributed by atoms with van der Waals surface area (Å²) >= 11 is 12.2. The van der Waals surface area contributed by atoms with Gasteiger partial charge < -0.3 is 4.90 Å². The molecule has 0 aliphatic rings. The number of nitrogens with zero attached hydrogens (tertiary/aromatic N) is 3. The van der Waals surface area contributed by atoms with Crippen molar-refractivity contribution in [1.29, 1.82) is 0 Å². The molecule has 0 N–H and O–H groups in total. The molecule has 0 aliphatic heterocycles. The molecule has 0 atom stereocenters. The minimum atomic E-state index is 0.476. The Labute approximate surface area is 107 Å². The van der Waals surface area contributed by atoms with Crippen LogP contribution in [0.15, 0.2) is 0 Å². The molecule has 16 heavy (non-hydrogen) atoms. The van der Waals surface area contributed by atoms with Crippen LogP contribution in [0.5, 0.6) is 0 Å². The molecule has 0 saturated carbocycles. The van der Waals surface area contributed by atoms with Crippen LogP contribution in [0.3, 0.4) is 0 Å². The Balaban J connectivity index is 3.08. The summed E-state index contributed by atoms with van der Waals surface area (Å²) < 4.78 is 0. The summed E-state index contributed by atoms with van der Waals surface area (Å²) in [5, 5.41) is 0.951. The van der Waals surface area contributed by atoms with Crippen molar-refractivity contribution in [2.75, 3.05) is 18.0 Å². The van der Waals surface area contributed by atoms with E-state index < -0.39 is 0 Å². The maximum atomic E-state index is 6.11. The summed E-state index contributed by atoms with van der Waals surface area (Å²) in [4.78, 5) is 10.6. The maximum absolute atomic E-state index is 6.11. The summed E-state index contributed by atoms with van der Waals surface area (Å²) in [6.07, 6.45) is 1.80. The van der Waals surface area contributed by atoms with Gasteiger partial charge in [0.05, 0.1) is 0 Å². The van der Waals surface area contributed by atoms with Crippen LogP contribution in [-0.4, -0.2) is 23.1 Å². The van der Waals surface area contributed by atoms with Crippen molar-refractivity contribution in [1.82, 2.24) is 9.97 Å². The molecule has 1 aromatic heterocycles. The third-order valence-corrected chi connectivity index (χ3v) is 3.07. The van der Waals surface area contributed by atoms with E-state index in [1.54, 1.807) is 0 Å². The molecule has 0 radical (unpaired) electrons. The van der Waals surface area contributed by atoms with Gasteiger partial charge in [-0.05, 0) is 20.3 Å². The molecule has 0 aliphatic carbocycles. The number of hydrogen-bond acceptors (Lipinski definition) is 3. The minimum Gasteiger partial charge on any atom is -0.341 e. The van der Waals surface area contributed by atoms with Crippen LogP contribution in [0, 0.1) is 0 Å². The fraction of sp³-hybridized carbons (Fsp3) is 0.636. The molecular formula is C11H17Cl2N3. The largest absolute Gasteiger partial charge is 0.341 e. The first-order valence-corrected chi connectivity index (χ1v) is 6.36. The van der Waals surface area contributed by atoms with Crippen molar-refractivity contribution in [2.24, 2.45) is 0 Å².